The Balaban J connectivity index is 1.42. The van der Waals surface area contributed by atoms with Crippen molar-refractivity contribution in [3.63, 3.8) is 0 Å². The number of aromatic nitrogens is 2. The summed E-state index contributed by atoms with van der Waals surface area (Å²) in [5.74, 6) is -0.962. The van der Waals surface area contributed by atoms with Crippen molar-refractivity contribution in [1.82, 2.24) is 14.9 Å². The van der Waals surface area contributed by atoms with Crippen LogP contribution in [0.15, 0.2) is 35.4 Å². The predicted octanol–water partition coefficient (Wildman–Crippen LogP) is 2.92. The van der Waals surface area contributed by atoms with Gasteiger partial charge in [0.05, 0.1) is 16.6 Å². The van der Waals surface area contributed by atoms with Gasteiger partial charge in [-0.2, -0.15) is 0 Å². The zero-order valence-electron chi connectivity index (χ0n) is 15.7. The summed E-state index contributed by atoms with van der Waals surface area (Å²) >= 11 is 1.21. The fraction of sp³-hybridized carbons (Fsp3) is 0.300. The van der Waals surface area contributed by atoms with Gasteiger partial charge >= 0.3 is 0 Å². The lowest BCUT2D eigenvalue weighted by atomic mass is 9.95. The number of rotatable bonds is 3. The lowest BCUT2D eigenvalue weighted by molar-refractivity contribution is -0.121. The molecule has 1 aliphatic heterocycles. The summed E-state index contributed by atoms with van der Waals surface area (Å²) in [6, 6.07) is 5.77. The molecule has 0 spiro atoms. The van der Waals surface area contributed by atoms with Gasteiger partial charge in [0.15, 0.2) is 0 Å². The lowest BCUT2D eigenvalue weighted by Crippen LogP contribution is -2.41. The van der Waals surface area contributed by atoms with E-state index in [9.17, 15) is 18.8 Å². The molecule has 0 unspecified atom stereocenters. The van der Waals surface area contributed by atoms with Crippen LogP contribution in [-0.2, 0) is 4.79 Å². The molecule has 2 N–H and O–H groups in total. The Bertz CT molecular complexity index is 1150. The number of aromatic amines is 1. The van der Waals surface area contributed by atoms with Crippen LogP contribution in [0.1, 0.15) is 28.1 Å². The van der Waals surface area contributed by atoms with E-state index in [0.717, 1.165) is 0 Å². The quantitative estimate of drug-likeness (QED) is 0.689. The number of anilines is 1. The van der Waals surface area contributed by atoms with E-state index >= 15 is 0 Å². The van der Waals surface area contributed by atoms with E-state index in [1.165, 1.54) is 29.8 Å². The minimum atomic E-state index is -0.407. The third-order valence-corrected chi connectivity index (χ3v) is 6.36. The molecule has 0 bridgehead atoms. The first-order valence-corrected chi connectivity index (χ1v) is 10.1. The average Bonchev–Trinajstić information content (AvgIpc) is 3.05. The molecule has 29 heavy (non-hydrogen) atoms. The van der Waals surface area contributed by atoms with Crippen LogP contribution in [0.4, 0.5) is 10.1 Å². The fourth-order valence-electron chi connectivity index (χ4n) is 3.58. The first-order chi connectivity index (χ1) is 13.9. The van der Waals surface area contributed by atoms with Gasteiger partial charge in [-0.25, -0.2) is 9.37 Å². The molecule has 1 fully saturated rings. The number of aryl methyl sites for hydroxylation is 1. The number of hydrogen-bond donors (Lipinski definition) is 2. The highest BCUT2D eigenvalue weighted by molar-refractivity contribution is 7.20. The van der Waals surface area contributed by atoms with E-state index in [0.29, 0.717) is 52.3 Å². The van der Waals surface area contributed by atoms with Crippen LogP contribution in [-0.4, -0.2) is 39.8 Å². The van der Waals surface area contributed by atoms with Crippen LogP contribution >= 0.6 is 11.3 Å². The molecule has 0 atom stereocenters. The monoisotopic (exact) mass is 414 g/mol. The number of H-pyrrole nitrogens is 1. The number of thiophene rings is 1. The molecule has 3 heterocycles. The summed E-state index contributed by atoms with van der Waals surface area (Å²) in [6.45, 7) is 2.64. The van der Waals surface area contributed by atoms with E-state index in [-0.39, 0.29) is 23.3 Å². The van der Waals surface area contributed by atoms with Gasteiger partial charge in [0.2, 0.25) is 5.91 Å². The Hall–Kier alpha value is -3.07. The fourth-order valence-corrected chi connectivity index (χ4v) is 4.70. The van der Waals surface area contributed by atoms with Crippen LogP contribution in [0.2, 0.25) is 0 Å². The Morgan fingerprint density at radius 2 is 2.07 bits per heavy atom. The Labute approximate surface area is 169 Å². The van der Waals surface area contributed by atoms with Crippen LogP contribution in [0, 0.1) is 18.7 Å². The maximum Gasteiger partial charge on any atom is 0.264 e. The number of fused-ring (bicyclic) bond motifs is 1. The van der Waals surface area contributed by atoms with E-state index < -0.39 is 5.82 Å². The van der Waals surface area contributed by atoms with Gasteiger partial charge in [-0.1, -0.05) is 6.07 Å². The number of nitrogens with zero attached hydrogens (tertiary/aromatic N) is 2. The second-order valence-electron chi connectivity index (χ2n) is 7.03. The molecular weight excluding hydrogens is 395 g/mol. The zero-order chi connectivity index (χ0) is 20.5. The molecule has 150 valence electrons. The Morgan fingerprint density at radius 3 is 2.76 bits per heavy atom. The maximum atomic E-state index is 13.3. The number of hydrogen-bond acceptors (Lipinski definition) is 5. The van der Waals surface area contributed by atoms with Gasteiger partial charge in [-0.15, -0.1) is 11.3 Å². The van der Waals surface area contributed by atoms with E-state index in [1.807, 2.05) is 0 Å². The molecule has 7 nitrogen and oxygen atoms in total. The summed E-state index contributed by atoms with van der Waals surface area (Å²) in [6.07, 6.45) is 2.38. The smallest absolute Gasteiger partial charge is 0.264 e. The Kier molecular flexibility index (Phi) is 5.14. The predicted molar refractivity (Wildman–Crippen MR) is 109 cm³/mol. The molecule has 0 saturated carbocycles. The third-order valence-electron chi connectivity index (χ3n) is 5.17. The topological polar surface area (TPSA) is 95.2 Å². The highest BCUT2D eigenvalue weighted by Crippen LogP contribution is 2.29. The minimum Gasteiger partial charge on any atom is -0.338 e. The number of carbonyl (C=O) groups is 2. The van der Waals surface area contributed by atoms with Crippen molar-refractivity contribution >= 4 is 39.1 Å². The number of carbonyl (C=O) groups excluding carboxylic acids is 2. The molecule has 0 aliphatic carbocycles. The number of likely N-dealkylation sites (tertiary alicyclic amines) is 1. The summed E-state index contributed by atoms with van der Waals surface area (Å²) in [5, 5.41) is 3.18. The molecule has 3 aromatic rings. The number of halogens is 1. The molecule has 1 aliphatic rings. The van der Waals surface area contributed by atoms with Gasteiger partial charge in [0.25, 0.3) is 11.5 Å². The zero-order valence-corrected chi connectivity index (χ0v) is 16.5. The van der Waals surface area contributed by atoms with Crippen molar-refractivity contribution < 1.29 is 14.0 Å². The van der Waals surface area contributed by atoms with Crippen molar-refractivity contribution in [3.8, 4) is 0 Å². The van der Waals surface area contributed by atoms with Crippen molar-refractivity contribution in [3.05, 3.63) is 57.2 Å². The second-order valence-corrected chi connectivity index (χ2v) is 8.03. The second kappa shape index (κ2) is 7.75. The first-order valence-electron chi connectivity index (χ1n) is 9.26. The van der Waals surface area contributed by atoms with E-state index in [1.54, 1.807) is 24.0 Å². The Morgan fingerprint density at radius 1 is 1.31 bits per heavy atom. The average molecular weight is 414 g/mol. The third kappa shape index (κ3) is 3.77. The molecule has 2 amide bonds. The molecule has 0 radical (unpaired) electrons. The van der Waals surface area contributed by atoms with E-state index in [4.69, 9.17) is 0 Å². The SMILES string of the molecule is Cc1c(C(=O)N2CCC(C(=O)Nc3cccc(F)c3)CC2)sc2nc[nH]c(=O)c12. The number of piperidine rings is 1. The normalized spacial score (nSPS) is 14.9. The summed E-state index contributed by atoms with van der Waals surface area (Å²) in [7, 11) is 0. The molecule has 1 saturated heterocycles. The van der Waals surface area contributed by atoms with Crippen LogP contribution < -0.4 is 10.9 Å². The number of benzene rings is 1. The maximum absolute atomic E-state index is 13.3. The van der Waals surface area contributed by atoms with Crippen LogP contribution in [0.3, 0.4) is 0 Å². The summed E-state index contributed by atoms with van der Waals surface area (Å²) in [5.41, 5.74) is 0.804. The van der Waals surface area contributed by atoms with E-state index in [2.05, 4.69) is 15.3 Å². The van der Waals surface area contributed by atoms with Crippen LogP contribution in [0.5, 0.6) is 0 Å². The van der Waals surface area contributed by atoms with Crippen molar-refractivity contribution in [2.45, 2.75) is 19.8 Å². The molecule has 2 aromatic heterocycles. The first kappa shape index (κ1) is 19.3. The van der Waals surface area contributed by atoms with Gasteiger partial charge in [0.1, 0.15) is 10.6 Å². The van der Waals surface area contributed by atoms with Crippen molar-refractivity contribution in [1.29, 1.82) is 0 Å². The highest BCUT2D eigenvalue weighted by atomic mass is 32.1. The highest BCUT2D eigenvalue weighted by Gasteiger charge is 2.30. The lowest BCUT2D eigenvalue weighted by Gasteiger charge is -2.31. The van der Waals surface area contributed by atoms with Gasteiger partial charge in [-0.3, -0.25) is 14.4 Å². The number of nitrogens with one attached hydrogen (secondary N) is 2. The van der Waals surface area contributed by atoms with Gasteiger partial charge in [0, 0.05) is 24.7 Å². The number of amides is 2. The molecule has 4 rings (SSSR count). The van der Waals surface area contributed by atoms with Gasteiger partial charge in [-0.05, 0) is 43.5 Å². The van der Waals surface area contributed by atoms with Crippen molar-refractivity contribution in [2.75, 3.05) is 18.4 Å². The van der Waals surface area contributed by atoms with Gasteiger partial charge < -0.3 is 15.2 Å². The molecular formula is C20H19FN4O3S. The van der Waals surface area contributed by atoms with Crippen molar-refractivity contribution in [2.24, 2.45) is 5.92 Å². The molecule has 9 heteroatoms. The largest absolute Gasteiger partial charge is 0.338 e. The van der Waals surface area contributed by atoms with Crippen LogP contribution in [0.25, 0.3) is 10.2 Å². The summed E-state index contributed by atoms with van der Waals surface area (Å²) < 4.78 is 13.3. The molecule has 1 aromatic carbocycles. The summed E-state index contributed by atoms with van der Waals surface area (Å²) in [4.78, 5) is 46.9. The minimum absolute atomic E-state index is 0.145. The standard InChI is InChI=1S/C20H19FN4O3S/c1-11-15-18(27)22-10-23-19(15)29-16(11)20(28)25-7-5-12(6-8-25)17(26)24-14-4-2-3-13(21)9-14/h2-4,9-10,12H,5-8H2,1H3,(H,24,26)(H,22,23,27).